The quantitative estimate of drug-likeness (QED) is 0.481. The van der Waals surface area contributed by atoms with Crippen LogP contribution in [0.1, 0.15) is 40.3 Å². The molecule has 0 saturated heterocycles. The molecule has 1 unspecified atom stereocenters. The lowest BCUT2D eigenvalue weighted by Gasteiger charge is -2.25. The molecule has 0 fully saturated rings. The van der Waals surface area contributed by atoms with Crippen molar-refractivity contribution in [1.82, 2.24) is 9.91 Å². The number of hydrazone groups is 1. The Hall–Kier alpha value is -3.97. The fourth-order valence-electron chi connectivity index (χ4n) is 4.79. The number of carbonyl (C=O) groups excluding carboxylic acids is 2. The monoisotopic (exact) mass is 498 g/mol. The SMILES string of the molecule is COc1ccc(C2CC(c3ccccc3)=NN2C(=O)CN(C)CC(=O)Nc2c(C)cc(C)cc2C)cc1. The number of ether oxygens (including phenoxy) is 1. The van der Waals surface area contributed by atoms with Crippen LogP contribution >= 0.6 is 0 Å². The van der Waals surface area contributed by atoms with Crippen LogP contribution in [0.2, 0.25) is 0 Å². The zero-order chi connectivity index (χ0) is 26.5. The number of benzene rings is 3. The van der Waals surface area contributed by atoms with Crippen molar-refractivity contribution in [3.05, 3.63) is 94.5 Å². The molecule has 0 spiro atoms. The highest BCUT2D eigenvalue weighted by Gasteiger charge is 2.33. The molecule has 3 aromatic rings. The minimum atomic E-state index is -0.228. The number of rotatable bonds is 8. The number of hydrogen-bond acceptors (Lipinski definition) is 5. The van der Waals surface area contributed by atoms with Gasteiger partial charge in [-0.15, -0.1) is 0 Å². The lowest BCUT2D eigenvalue weighted by molar-refractivity contribution is -0.134. The molecule has 2 amide bonds. The third-order valence-electron chi connectivity index (χ3n) is 6.53. The number of nitrogens with one attached hydrogen (secondary N) is 1. The highest BCUT2D eigenvalue weighted by atomic mass is 16.5. The zero-order valence-corrected chi connectivity index (χ0v) is 22.1. The third kappa shape index (κ3) is 6.24. The number of nitrogens with zero attached hydrogens (tertiary/aromatic N) is 3. The van der Waals surface area contributed by atoms with E-state index in [0.29, 0.717) is 6.42 Å². The lowest BCUT2D eigenvalue weighted by Crippen LogP contribution is -2.39. The van der Waals surface area contributed by atoms with E-state index in [-0.39, 0.29) is 30.9 Å². The Labute approximate surface area is 218 Å². The van der Waals surface area contributed by atoms with E-state index in [1.165, 1.54) is 0 Å². The summed E-state index contributed by atoms with van der Waals surface area (Å²) in [6, 6.07) is 21.5. The summed E-state index contributed by atoms with van der Waals surface area (Å²) in [6.45, 7) is 6.16. The average Bonchev–Trinajstić information content (AvgIpc) is 3.32. The lowest BCUT2D eigenvalue weighted by atomic mass is 9.98. The van der Waals surface area contributed by atoms with Crippen molar-refractivity contribution in [3.63, 3.8) is 0 Å². The van der Waals surface area contributed by atoms with Gasteiger partial charge in [0.1, 0.15) is 5.75 Å². The number of amides is 2. The molecule has 7 heteroatoms. The molecule has 4 rings (SSSR count). The molecule has 1 atom stereocenters. The third-order valence-corrected chi connectivity index (χ3v) is 6.53. The van der Waals surface area contributed by atoms with Crippen LogP contribution in [-0.4, -0.2) is 54.7 Å². The summed E-state index contributed by atoms with van der Waals surface area (Å²) >= 11 is 0. The van der Waals surface area contributed by atoms with Crippen LogP contribution in [0.5, 0.6) is 5.75 Å². The smallest absolute Gasteiger partial charge is 0.257 e. The molecule has 1 aliphatic heterocycles. The van der Waals surface area contributed by atoms with Gasteiger partial charge in [0.25, 0.3) is 5.91 Å². The van der Waals surface area contributed by atoms with E-state index >= 15 is 0 Å². The molecule has 192 valence electrons. The fraction of sp³-hybridized carbons (Fsp3) is 0.300. The van der Waals surface area contributed by atoms with Crippen LogP contribution in [0.15, 0.2) is 71.8 Å². The Balaban J connectivity index is 1.47. The van der Waals surface area contributed by atoms with E-state index in [4.69, 9.17) is 9.84 Å². The van der Waals surface area contributed by atoms with Crippen molar-refractivity contribution in [2.75, 3.05) is 32.6 Å². The maximum absolute atomic E-state index is 13.4. The predicted molar refractivity (Wildman–Crippen MR) is 147 cm³/mol. The van der Waals surface area contributed by atoms with Crippen molar-refractivity contribution in [2.24, 2.45) is 5.10 Å². The van der Waals surface area contributed by atoms with Crippen molar-refractivity contribution in [2.45, 2.75) is 33.2 Å². The minimum Gasteiger partial charge on any atom is -0.497 e. The van der Waals surface area contributed by atoms with Crippen LogP contribution in [0, 0.1) is 20.8 Å². The summed E-state index contributed by atoms with van der Waals surface area (Å²) in [6.07, 6.45) is 0.609. The highest BCUT2D eigenvalue weighted by Crippen LogP contribution is 2.33. The van der Waals surface area contributed by atoms with Crippen LogP contribution in [0.4, 0.5) is 5.69 Å². The number of carbonyl (C=O) groups is 2. The van der Waals surface area contributed by atoms with Gasteiger partial charge in [-0.2, -0.15) is 5.10 Å². The standard InChI is InChI=1S/C30H34N4O3/c1-20-15-21(2)30(22(3)16-20)31-28(35)18-33(4)19-29(36)34-27(24-11-13-25(37-5)14-12-24)17-26(32-34)23-9-7-6-8-10-23/h6-16,27H,17-19H2,1-5H3,(H,31,35). The Morgan fingerprint density at radius 1 is 1.00 bits per heavy atom. The summed E-state index contributed by atoms with van der Waals surface area (Å²) in [5.74, 6) is 0.435. The van der Waals surface area contributed by atoms with Crippen LogP contribution < -0.4 is 10.1 Å². The number of hydrogen-bond donors (Lipinski definition) is 1. The topological polar surface area (TPSA) is 74.2 Å². The van der Waals surface area contributed by atoms with Gasteiger partial charge in [-0.1, -0.05) is 60.2 Å². The van der Waals surface area contributed by atoms with Gasteiger partial charge in [0.05, 0.1) is 32.0 Å². The molecule has 7 nitrogen and oxygen atoms in total. The van der Waals surface area contributed by atoms with E-state index in [1.807, 2.05) is 87.5 Å². The summed E-state index contributed by atoms with van der Waals surface area (Å²) in [5, 5.41) is 9.30. The first-order chi connectivity index (χ1) is 17.7. The summed E-state index contributed by atoms with van der Waals surface area (Å²) in [4.78, 5) is 27.9. The van der Waals surface area contributed by atoms with E-state index in [9.17, 15) is 9.59 Å². The number of anilines is 1. The Kier molecular flexibility index (Phi) is 8.04. The molecule has 0 saturated carbocycles. The average molecular weight is 499 g/mol. The van der Waals surface area contributed by atoms with Crippen LogP contribution in [0.25, 0.3) is 0 Å². The summed E-state index contributed by atoms with van der Waals surface area (Å²) in [5.41, 5.74) is 6.86. The first-order valence-corrected chi connectivity index (χ1v) is 12.4. The molecule has 1 aliphatic rings. The van der Waals surface area contributed by atoms with E-state index in [1.54, 1.807) is 24.1 Å². The second-order valence-corrected chi connectivity index (χ2v) is 9.64. The van der Waals surface area contributed by atoms with E-state index in [0.717, 1.165) is 45.0 Å². The maximum atomic E-state index is 13.4. The van der Waals surface area contributed by atoms with Gasteiger partial charge in [0.2, 0.25) is 5.91 Å². The number of aryl methyl sites for hydroxylation is 3. The number of likely N-dealkylation sites (N-methyl/N-ethyl adjacent to an activating group) is 1. The first-order valence-electron chi connectivity index (χ1n) is 12.4. The molecular formula is C30H34N4O3. The largest absolute Gasteiger partial charge is 0.497 e. The molecule has 3 aromatic carbocycles. The van der Waals surface area contributed by atoms with Gasteiger partial charge in [0.15, 0.2) is 0 Å². The van der Waals surface area contributed by atoms with Gasteiger partial charge in [-0.25, -0.2) is 5.01 Å². The molecule has 0 radical (unpaired) electrons. The van der Waals surface area contributed by atoms with Crippen molar-refractivity contribution >= 4 is 23.2 Å². The fourth-order valence-corrected chi connectivity index (χ4v) is 4.79. The first kappa shape index (κ1) is 26.1. The highest BCUT2D eigenvalue weighted by molar-refractivity contribution is 6.03. The normalized spacial score (nSPS) is 15.0. The van der Waals surface area contributed by atoms with Gasteiger partial charge in [-0.3, -0.25) is 14.5 Å². The Morgan fingerprint density at radius 3 is 2.27 bits per heavy atom. The maximum Gasteiger partial charge on any atom is 0.257 e. The second kappa shape index (κ2) is 11.4. The van der Waals surface area contributed by atoms with E-state index in [2.05, 4.69) is 5.32 Å². The van der Waals surface area contributed by atoms with E-state index < -0.39 is 0 Å². The van der Waals surface area contributed by atoms with Crippen molar-refractivity contribution in [1.29, 1.82) is 0 Å². The molecule has 1 N–H and O–H groups in total. The van der Waals surface area contributed by atoms with Crippen molar-refractivity contribution in [3.8, 4) is 5.75 Å². The van der Waals surface area contributed by atoms with Gasteiger partial charge in [0, 0.05) is 12.1 Å². The van der Waals surface area contributed by atoms with Gasteiger partial charge >= 0.3 is 0 Å². The molecule has 0 aliphatic carbocycles. The van der Waals surface area contributed by atoms with Gasteiger partial charge < -0.3 is 10.1 Å². The Morgan fingerprint density at radius 2 is 1.65 bits per heavy atom. The second-order valence-electron chi connectivity index (χ2n) is 9.64. The minimum absolute atomic E-state index is 0.0670. The number of methoxy groups -OCH3 is 1. The summed E-state index contributed by atoms with van der Waals surface area (Å²) in [7, 11) is 3.40. The molecule has 0 aromatic heterocycles. The summed E-state index contributed by atoms with van der Waals surface area (Å²) < 4.78 is 5.30. The van der Waals surface area contributed by atoms with Crippen molar-refractivity contribution < 1.29 is 14.3 Å². The van der Waals surface area contributed by atoms with Gasteiger partial charge in [-0.05, 0) is 62.2 Å². The Bertz CT molecular complexity index is 1280. The zero-order valence-electron chi connectivity index (χ0n) is 22.1. The molecule has 37 heavy (non-hydrogen) atoms. The molecule has 0 bridgehead atoms. The van der Waals surface area contributed by atoms with Crippen LogP contribution in [0.3, 0.4) is 0 Å². The molecule has 1 heterocycles. The van der Waals surface area contributed by atoms with Crippen LogP contribution in [-0.2, 0) is 9.59 Å². The predicted octanol–water partition coefficient (Wildman–Crippen LogP) is 4.87. The molecular weight excluding hydrogens is 464 g/mol.